The van der Waals surface area contributed by atoms with E-state index >= 15 is 0 Å². The molecule has 0 bridgehead atoms. The first-order chi connectivity index (χ1) is 36.2. The second-order valence-corrected chi connectivity index (χ2v) is 18.3. The van der Waals surface area contributed by atoms with Crippen LogP contribution in [0.25, 0.3) is 0 Å². The highest BCUT2D eigenvalue weighted by Gasteiger charge is 2.37. The number of hydrogen-bond acceptors (Lipinski definition) is 16. The first-order valence-corrected chi connectivity index (χ1v) is 24.5. The summed E-state index contributed by atoms with van der Waals surface area (Å²) in [6, 6.07) is -1.25. The van der Waals surface area contributed by atoms with E-state index in [1.165, 1.54) is 31.2 Å². The summed E-state index contributed by atoms with van der Waals surface area (Å²) in [6.07, 6.45) is -2.46. The lowest BCUT2D eigenvalue weighted by Gasteiger charge is -2.29. The van der Waals surface area contributed by atoms with Crippen molar-refractivity contribution < 1.29 is 83.1 Å². The average molecular weight is 1090 g/mol. The highest BCUT2D eigenvalue weighted by molar-refractivity contribution is 6.00. The Morgan fingerprint density at radius 1 is 0.481 bits per heavy atom. The number of aliphatic carboxylic acids is 2. The minimum Gasteiger partial charge on any atom is -0.508 e. The smallest absolute Gasteiger partial charge is 0.326 e. The molecule has 77 heavy (non-hydrogen) atoms. The zero-order valence-electron chi connectivity index (χ0n) is 43.0. The Balaban J connectivity index is 2.37. The van der Waals surface area contributed by atoms with Crippen LogP contribution < -0.4 is 59.7 Å². The van der Waals surface area contributed by atoms with Crippen LogP contribution in [0.3, 0.4) is 0 Å². The van der Waals surface area contributed by atoms with Gasteiger partial charge in [0, 0.05) is 19.3 Å². The van der Waals surface area contributed by atoms with Gasteiger partial charge in [0.25, 0.3) is 0 Å². The summed E-state index contributed by atoms with van der Waals surface area (Å²) in [7, 11) is 0. The third-order valence-electron chi connectivity index (χ3n) is 12.2. The summed E-state index contributed by atoms with van der Waals surface area (Å²) in [6.45, 7) is 4.27. The average Bonchev–Trinajstić information content (AvgIpc) is 3.38. The molecule has 0 unspecified atom stereocenters. The molecule has 0 spiro atoms. The van der Waals surface area contributed by atoms with Gasteiger partial charge in [-0.05, 0) is 41.5 Å². The Labute approximate surface area is 442 Å². The number of aliphatic hydroxyl groups is 2. The maximum Gasteiger partial charge on any atom is 0.326 e. The van der Waals surface area contributed by atoms with Crippen molar-refractivity contribution >= 4 is 71.0 Å². The van der Waals surface area contributed by atoms with Crippen LogP contribution >= 0.6 is 0 Å². The minimum atomic E-state index is -1.88. The molecule has 28 heteroatoms. The third kappa shape index (κ3) is 22.2. The number of aliphatic hydroxyl groups excluding tert-OH is 2. The number of carboxylic acids is 2. The lowest BCUT2D eigenvalue weighted by molar-refractivity contribution is -0.142. The van der Waals surface area contributed by atoms with Crippen molar-refractivity contribution in [1.82, 2.24) is 42.5 Å². The van der Waals surface area contributed by atoms with Crippen molar-refractivity contribution in [2.24, 2.45) is 29.0 Å². The number of benzene rings is 2. The quantitative estimate of drug-likeness (QED) is 0.0313. The topological polar surface area (TPSA) is 480 Å². The van der Waals surface area contributed by atoms with Gasteiger partial charge in [-0.3, -0.25) is 52.7 Å². The number of nitrogens with one attached hydrogen (secondary N) is 8. The summed E-state index contributed by atoms with van der Waals surface area (Å²) < 4.78 is 0. The molecule has 0 radical (unpaired) electrons. The van der Waals surface area contributed by atoms with Gasteiger partial charge in [0.15, 0.2) is 0 Å². The number of carboxylic acid groups (broad SMARTS) is 2. The largest absolute Gasteiger partial charge is 0.508 e. The van der Waals surface area contributed by atoms with E-state index < -0.39 is 170 Å². The van der Waals surface area contributed by atoms with Crippen LogP contribution in [-0.2, 0) is 70.4 Å². The summed E-state index contributed by atoms with van der Waals surface area (Å²) >= 11 is 0. The number of nitrogens with two attached hydrogens (primary N) is 3. The molecule has 0 fully saturated rings. The fourth-order valence-corrected chi connectivity index (χ4v) is 7.28. The van der Waals surface area contributed by atoms with Crippen molar-refractivity contribution in [3.05, 3.63) is 65.7 Å². The number of carbonyl (C=O) groups is 12. The van der Waals surface area contributed by atoms with E-state index in [0.29, 0.717) is 17.5 Å². The van der Waals surface area contributed by atoms with Gasteiger partial charge in [-0.15, -0.1) is 0 Å². The Morgan fingerprint density at radius 3 is 1.27 bits per heavy atom. The maximum atomic E-state index is 14.2. The van der Waals surface area contributed by atoms with Gasteiger partial charge in [-0.2, -0.15) is 0 Å². The molecule has 11 atom stereocenters. The van der Waals surface area contributed by atoms with Crippen LogP contribution in [0.4, 0.5) is 0 Å². The van der Waals surface area contributed by atoms with E-state index in [0.717, 1.165) is 0 Å². The predicted octanol–water partition coefficient (Wildman–Crippen LogP) is -4.84. The van der Waals surface area contributed by atoms with Crippen LogP contribution in [0.15, 0.2) is 54.6 Å². The van der Waals surface area contributed by atoms with E-state index in [-0.39, 0.29) is 31.4 Å². The highest BCUT2D eigenvalue weighted by atomic mass is 16.4. The normalized spacial score (nSPS) is 15.3. The first kappa shape index (κ1) is 64.9. The van der Waals surface area contributed by atoms with E-state index in [4.69, 9.17) is 22.3 Å². The van der Waals surface area contributed by atoms with Gasteiger partial charge in [0.1, 0.15) is 54.1 Å². The number of rotatable bonds is 34. The minimum absolute atomic E-state index is 0.106. The van der Waals surface area contributed by atoms with E-state index in [1.807, 2.05) is 0 Å². The predicted molar refractivity (Wildman–Crippen MR) is 271 cm³/mol. The van der Waals surface area contributed by atoms with Crippen molar-refractivity contribution in [2.45, 2.75) is 133 Å². The lowest BCUT2D eigenvalue weighted by Crippen LogP contribution is -2.62. The molecule has 0 aliphatic heterocycles. The number of phenolic OH excluding ortho intramolecular Hbond substituents is 1. The molecular formula is C49H71N11O17. The molecule has 424 valence electrons. The SMILES string of the molecule is CC[C@H](C)[C@H](NC(=O)[C@H](CC(N)=O)NC(=O)[C@H](CO)NC(=O)[C@@H](NC(=O)[C@@H](N)CCC(=O)O)[C@@H](C)CC)C(=O)N[C@@H](Cc1ccccc1)C(=O)N[C@@H](CO)C(=O)N[C@@H](CC(N)=O)C(=O)N[C@@H](Cc1ccc(O)cc1)C(=O)O. The summed E-state index contributed by atoms with van der Waals surface area (Å²) in [5, 5.41) is 67.4. The van der Waals surface area contributed by atoms with E-state index in [1.54, 1.807) is 51.1 Å². The van der Waals surface area contributed by atoms with Crippen molar-refractivity contribution in [3.63, 3.8) is 0 Å². The van der Waals surface area contributed by atoms with Crippen LogP contribution in [0.2, 0.25) is 0 Å². The fraction of sp³-hybridized carbons (Fsp3) is 0.510. The standard InChI is InChI=1S/C49H71N11O17/c1-5-24(3)39(59-41(68)29(50)16-17-38(66)67)48(75)58-35(23-62)46(73)54-32(21-37(52)65)44(71)60-40(25(4)6-2)47(74)55-30(18-26-10-8-7-9-11-26)42(69)57-34(22-61)45(72)53-31(20-36(51)64)43(70)56-33(49(76)77)19-27-12-14-28(63)15-13-27/h7-15,24-25,29-35,39-40,61-63H,5-6,16-23,50H2,1-4H3,(H2,51,64)(H2,52,65)(H,53,72)(H,54,73)(H,55,74)(H,56,70)(H,57,69)(H,58,75)(H,59,68)(H,60,71)(H,66,67)(H,76,77)/t24-,25-,29-,30-,31-,32-,33-,34-,35-,39-,40-/m0/s1. The molecular weight excluding hydrogens is 1010 g/mol. The number of carbonyl (C=O) groups excluding carboxylic acids is 10. The number of amides is 10. The van der Waals surface area contributed by atoms with Crippen LogP contribution in [0.1, 0.15) is 77.3 Å². The van der Waals surface area contributed by atoms with Gasteiger partial charge in [0.2, 0.25) is 59.1 Å². The molecule has 0 saturated heterocycles. The number of primary amides is 2. The Kier molecular flexibility index (Phi) is 27.2. The van der Waals surface area contributed by atoms with Crippen LogP contribution in [0.5, 0.6) is 5.75 Å². The second-order valence-electron chi connectivity index (χ2n) is 18.3. The molecule has 0 aromatic heterocycles. The van der Waals surface area contributed by atoms with E-state index in [2.05, 4.69) is 42.5 Å². The fourth-order valence-electron chi connectivity index (χ4n) is 7.28. The third-order valence-corrected chi connectivity index (χ3v) is 12.2. The van der Waals surface area contributed by atoms with Crippen LogP contribution in [0, 0.1) is 11.8 Å². The Bertz CT molecular complexity index is 2390. The molecule has 2 rings (SSSR count). The molecule has 0 saturated carbocycles. The van der Waals surface area contributed by atoms with Crippen LogP contribution in [-0.4, -0.2) is 164 Å². The molecule has 0 aliphatic carbocycles. The lowest BCUT2D eigenvalue weighted by atomic mass is 9.96. The molecule has 0 aliphatic rings. The highest BCUT2D eigenvalue weighted by Crippen LogP contribution is 2.14. The Morgan fingerprint density at radius 2 is 0.844 bits per heavy atom. The summed E-state index contributed by atoms with van der Waals surface area (Å²) in [4.78, 5) is 156. The van der Waals surface area contributed by atoms with Crippen molar-refractivity contribution in [2.75, 3.05) is 13.2 Å². The molecule has 2 aromatic carbocycles. The first-order valence-electron chi connectivity index (χ1n) is 24.5. The Hall–Kier alpha value is -8.24. The van der Waals surface area contributed by atoms with Crippen molar-refractivity contribution in [1.29, 1.82) is 0 Å². The van der Waals surface area contributed by atoms with Gasteiger partial charge < -0.3 is 85.3 Å². The van der Waals surface area contributed by atoms with Gasteiger partial charge in [-0.25, -0.2) is 4.79 Å². The van der Waals surface area contributed by atoms with Gasteiger partial charge >= 0.3 is 11.9 Å². The molecule has 19 N–H and O–H groups in total. The van der Waals surface area contributed by atoms with Crippen molar-refractivity contribution in [3.8, 4) is 5.75 Å². The number of aromatic hydroxyl groups is 1. The number of phenols is 1. The molecule has 0 heterocycles. The maximum absolute atomic E-state index is 14.2. The van der Waals surface area contributed by atoms with E-state index in [9.17, 15) is 78.0 Å². The molecule has 28 nitrogen and oxygen atoms in total. The molecule has 2 aromatic rings. The molecule has 10 amide bonds. The van der Waals surface area contributed by atoms with Gasteiger partial charge in [0.05, 0.1) is 32.1 Å². The monoisotopic (exact) mass is 1090 g/mol. The zero-order valence-corrected chi connectivity index (χ0v) is 43.0. The van der Waals surface area contributed by atoms with Gasteiger partial charge in [-0.1, -0.05) is 83.0 Å². The summed E-state index contributed by atoms with van der Waals surface area (Å²) in [5.41, 5.74) is 17.4. The zero-order chi connectivity index (χ0) is 58.1. The summed E-state index contributed by atoms with van der Waals surface area (Å²) in [5.74, 6) is -15.1. The second kappa shape index (κ2) is 32.3. The number of hydrogen-bond donors (Lipinski definition) is 16.